The van der Waals surface area contributed by atoms with Gasteiger partial charge in [0.2, 0.25) is 11.8 Å². The Morgan fingerprint density at radius 1 is 1.38 bits per heavy atom. The van der Waals surface area contributed by atoms with E-state index in [-0.39, 0.29) is 42.2 Å². The van der Waals surface area contributed by atoms with Crippen molar-refractivity contribution < 1.29 is 9.59 Å². The molecule has 1 fully saturated rings. The summed E-state index contributed by atoms with van der Waals surface area (Å²) < 4.78 is 0. The molecule has 3 rings (SSSR count). The van der Waals surface area contributed by atoms with E-state index in [1.165, 1.54) is 11.1 Å². The van der Waals surface area contributed by atoms with Gasteiger partial charge in [-0.05, 0) is 30.5 Å². The first-order chi connectivity index (χ1) is 12.1. The summed E-state index contributed by atoms with van der Waals surface area (Å²) in [5, 5.41) is 6.55. The molecule has 2 aliphatic heterocycles. The number of fused-ring (bicyclic) bond motifs is 1. The van der Waals surface area contributed by atoms with Gasteiger partial charge in [-0.25, -0.2) is 0 Å². The number of hydrogen-bond acceptors (Lipinski definition) is 4. The standard InChI is InChI=1S/C19H27N3O2S.ClH/c1-3-13(2)19(24)22-12-25-11-17(22)18(23)21-10-16-15-7-5-4-6-14(15)8-9-20-16;/h4-7,13,16-17,20H,3,8-12H2,1-2H3,(H,21,23);1H. The number of benzene rings is 1. The molecule has 0 radical (unpaired) electrons. The first kappa shape index (κ1) is 21.1. The molecule has 2 aliphatic rings. The molecule has 0 saturated carbocycles. The van der Waals surface area contributed by atoms with Gasteiger partial charge in [0.1, 0.15) is 6.04 Å². The van der Waals surface area contributed by atoms with Crippen LogP contribution in [0.3, 0.4) is 0 Å². The number of rotatable bonds is 5. The van der Waals surface area contributed by atoms with Crippen LogP contribution in [0.2, 0.25) is 0 Å². The van der Waals surface area contributed by atoms with Crippen molar-refractivity contribution in [3.8, 4) is 0 Å². The zero-order valence-corrected chi connectivity index (χ0v) is 17.0. The number of nitrogens with zero attached hydrogens (tertiary/aromatic N) is 1. The van der Waals surface area contributed by atoms with Crippen molar-refractivity contribution in [2.75, 3.05) is 24.7 Å². The molecule has 3 atom stereocenters. The molecule has 0 aromatic heterocycles. The van der Waals surface area contributed by atoms with E-state index in [1.807, 2.05) is 19.9 Å². The van der Waals surface area contributed by atoms with Gasteiger partial charge in [-0.1, -0.05) is 38.1 Å². The average molecular weight is 398 g/mol. The second-order valence-electron chi connectivity index (χ2n) is 6.83. The molecule has 26 heavy (non-hydrogen) atoms. The second kappa shape index (κ2) is 9.62. The maximum absolute atomic E-state index is 12.7. The van der Waals surface area contributed by atoms with Crippen LogP contribution in [-0.4, -0.2) is 47.5 Å². The molecule has 3 unspecified atom stereocenters. The van der Waals surface area contributed by atoms with Crippen LogP contribution in [0.25, 0.3) is 0 Å². The average Bonchev–Trinajstić information content (AvgIpc) is 3.14. The summed E-state index contributed by atoms with van der Waals surface area (Å²) in [6.07, 6.45) is 1.83. The van der Waals surface area contributed by atoms with Crippen LogP contribution >= 0.6 is 24.2 Å². The number of amides is 2. The molecule has 2 N–H and O–H groups in total. The largest absolute Gasteiger partial charge is 0.352 e. The summed E-state index contributed by atoms with van der Waals surface area (Å²) in [4.78, 5) is 26.9. The van der Waals surface area contributed by atoms with Crippen LogP contribution in [0.15, 0.2) is 24.3 Å². The Balaban J connectivity index is 0.00000243. The highest BCUT2D eigenvalue weighted by Gasteiger charge is 2.36. The van der Waals surface area contributed by atoms with Crippen molar-refractivity contribution in [1.82, 2.24) is 15.5 Å². The van der Waals surface area contributed by atoms with E-state index in [1.54, 1.807) is 16.7 Å². The lowest BCUT2D eigenvalue weighted by Crippen LogP contribution is -2.50. The zero-order valence-electron chi connectivity index (χ0n) is 15.4. The number of carbonyl (C=O) groups excluding carboxylic acids is 2. The van der Waals surface area contributed by atoms with Gasteiger partial charge >= 0.3 is 0 Å². The van der Waals surface area contributed by atoms with Gasteiger partial charge < -0.3 is 15.5 Å². The molecule has 2 heterocycles. The number of thioether (sulfide) groups is 1. The Labute approximate surface area is 166 Å². The van der Waals surface area contributed by atoms with Gasteiger partial charge in [-0.2, -0.15) is 0 Å². The number of carbonyl (C=O) groups is 2. The fourth-order valence-electron chi connectivity index (χ4n) is 3.43. The smallest absolute Gasteiger partial charge is 0.243 e. The second-order valence-corrected chi connectivity index (χ2v) is 7.83. The molecule has 2 amide bonds. The number of halogens is 1. The van der Waals surface area contributed by atoms with Crippen LogP contribution < -0.4 is 10.6 Å². The summed E-state index contributed by atoms with van der Waals surface area (Å²) in [6.45, 7) is 5.42. The molecule has 0 bridgehead atoms. The fourth-order valence-corrected chi connectivity index (χ4v) is 4.59. The van der Waals surface area contributed by atoms with E-state index in [0.29, 0.717) is 18.2 Å². The van der Waals surface area contributed by atoms with Crippen molar-refractivity contribution in [2.45, 2.75) is 38.8 Å². The number of nitrogens with one attached hydrogen (secondary N) is 2. The van der Waals surface area contributed by atoms with Gasteiger partial charge in [0, 0.05) is 24.3 Å². The van der Waals surface area contributed by atoms with Crippen LogP contribution in [0, 0.1) is 5.92 Å². The molecule has 1 aromatic carbocycles. The van der Waals surface area contributed by atoms with Crippen molar-refractivity contribution in [1.29, 1.82) is 0 Å². The van der Waals surface area contributed by atoms with Crippen LogP contribution in [-0.2, 0) is 16.0 Å². The van der Waals surface area contributed by atoms with Crippen molar-refractivity contribution in [2.24, 2.45) is 5.92 Å². The van der Waals surface area contributed by atoms with Gasteiger partial charge in [0.05, 0.1) is 5.88 Å². The Morgan fingerprint density at radius 2 is 2.15 bits per heavy atom. The first-order valence-corrected chi connectivity index (χ1v) is 10.2. The molecule has 144 valence electrons. The molecule has 7 heteroatoms. The van der Waals surface area contributed by atoms with Gasteiger partial charge in [-0.3, -0.25) is 9.59 Å². The fraction of sp³-hybridized carbons (Fsp3) is 0.579. The van der Waals surface area contributed by atoms with E-state index in [4.69, 9.17) is 0 Å². The van der Waals surface area contributed by atoms with E-state index >= 15 is 0 Å². The van der Waals surface area contributed by atoms with E-state index in [9.17, 15) is 9.59 Å². The Kier molecular flexibility index (Phi) is 7.80. The van der Waals surface area contributed by atoms with Gasteiger partial charge in [0.25, 0.3) is 0 Å². The highest BCUT2D eigenvalue weighted by atomic mass is 35.5. The summed E-state index contributed by atoms with van der Waals surface area (Å²) in [5.41, 5.74) is 2.62. The topological polar surface area (TPSA) is 61.4 Å². The quantitative estimate of drug-likeness (QED) is 0.800. The Morgan fingerprint density at radius 3 is 2.92 bits per heavy atom. The number of hydrogen-bond donors (Lipinski definition) is 2. The Bertz CT molecular complexity index is 643. The first-order valence-electron chi connectivity index (χ1n) is 9.09. The van der Waals surface area contributed by atoms with E-state index in [0.717, 1.165) is 19.4 Å². The summed E-state index contributed by atoms with van der Waals surface area (Å²) in [6, 6.07) is 8.19. The molecule has 1 aromatic rings. The van der Waals surface area contributed by atoms with Crippen LogP contribution in [0.5, 0.6) is 0 Å². The van der Waals surface area contributed by atoms with Crippen molar-refractivity contribution >= 4 is 36.0 Å². The minimum atomic E-state index is -0.342. The normalized spacial score (nSPS) is 22.9. The summed E-state index contributed by atoms with van der Waals surface area (Å²) in [7, 11) is 0. The Hall–Kier alpha value is -1.24. The lowest BCUT2D eigenvalue weighted by molar-refractivity contribution is -0.140. The molecule has 0 spiro atoms. The lowest BCUT2D eigenvalue weighted by atomic mass is 9.94. The van der Waals surface area contributed by atoms with E-state index < -0.39 is 0 Å². The highest BCUT2D eigenvalue weighted by molar-refractivity contribution is 7.99. The third-order valence-electron chi connectivity index (χ3n) is 5.20. The predicted octanol–water partition coefficient (Wildman–Crippen LogP) is 2.36. The van der Waals surface area contributed by atoms with E-state index in [2.05, 4.69) is 28.8 Å². The van der Waals surface area contributed by atoms with Crippen LogP contribution in [0.1, 0.15) is 37.4 Å². The predicted molar refractivity (Wildman–Crippen MR) is 109 cm³/mol. The maximum Gasteiger partial charge on any atom is 0.243 e. The zero-order chi connectivity index (χ0) is 17.8. The van der Waals surface area contributed by atoms with Gasteiger partial charge in [-0.15, -0.1) is 24.2 Å². The van der Waals surface area contributed by atoms with Crippen LogP contribution in [0.4, 0.5) is 0 Å². The lowest BCUT2D eigenvalue weighted by Gasteiger charge is -2.29. The molecule has 1 saturated heterocycles. The molecule has 5 nitrogen and oxygen atoms in total. The molecule has 0 aliphatic carbocycles. The van der Waals surface area contributed by atoms with Crippen molar-refractivity contribution in [3.05, 3.63) is 35.4 Å². The highest BCUT2D eigenvalue weighted by Crippen LogP contribution is 2.25. The monoisotopic (exact) mass is 397 g/mol. The SMILES string of the molecule is CCC(C)C(=O)N1CSCC1C(=O)NCC1NCCc2ccccc21.Cl. The maximum atomic E-state index is 12.7. The molecular formula is C19H28ClN3O2S. The molecular weight excluding hydrogens is 370 g/mol. The summed E-state index contributed by atoms with van der Waals surface area (Å²) in [5.74, 6) is 1.33. The van der Waals surface area contributed by atoms with Gasteiger partial charge in [0.15, 0.2) is 0 Å². The minimum Gasteiger partial charge on any atom is -0.352 e. The third kappa shape index (κ3) is 4.53. The minimum absolute atomic E-state index is 0. The van der Waals surface area contributed by atoms with Crippen molar-refractivity contribution in [3.63, 3.8) is 0 Å². The summed E-state index contributed by atoms with van der Waals surface area (Å²) >= 11 is 1.65. The third-order valence-corrected chi connectivity index (χ3v) is 6.21.